The minimum absolute atomic E-state index is 0.0488. The fourth-order valence-electron chi connectivity index (χ4n) is 9.31. The van der Waals surface area contributed by atoms with Crippen molar-refractivity contribution in [3.63, 3.8) is 0 Å². The molecule has 0 aromatic rings. The summed E-state index contributed by atoms with van der Waals surface area (Å²) >= 11 is 0. The van der Waals surface area contributed by atoms with Crippen molar-refractivity contribution in [2.45, 2.75) is 110 Å². The van der Waals surface area contributed by atoms with Crippen LogP contribution in [0.4, 0.5) is 0 Å². The van der Waals surface area contributed by atoms with Crippen LogP contribution in [0.15, 0.2) is 12.2 Å². The minimum Gasteiger partial charge on any atom is -0.463 e. The molecule has 5 fully saturated rings. The molecule has 1 heterocycles. The van der Waals surface area contributed by atoms with Crippen LogP contribution in [-0.2, 0) is 33.3 Å². The van der Waals surface area contributed by atoms with E-state index in [1.807, 2.05) is 6.92 Å². The van der Waals surface area contributed by atoms with Crippen molar-refractivity contribution in [3.05, 3.63) is 12.2 Å². The third-order valence-electron chi connectivity index (χ3n) is 10.8. The van der Waals surface area contributed by atoms with Crippen LogP contribution in [0.5, 0.6) is 0 Å². The first kappa shape index (κ1) is 26.7. The van der Waals surface area contributed by atoms with E-state index in [4.69, 9.17) is 18.9 Å². The summed E-state index contributed by atoms with van der Waals surface area (Å²) < 4.78 is 21.9. The van der Waals surface area contributed by atoms with Gasteiger partial charge in [0.15, 0.2) is 12.2 Å². The van der Waals surface area contributed by atoms with Crippen LogP contribution in [0.1, 0.15) is 85.5 Å². The van der Waals surface area contributed by atoms with Crippen molar-refractivity contribution < 1.29 is 38.4 Å². The molecule has 5 rings (SSSR count). The summed E-state index contributed by atoms with van der Waals surface area (Å²) in [6.07, 6.45) is 5.01. The Morgan fingerprint density at radius 2 is 1.78 bits per heavy atom. The lowest BCUT2D eigenvalue weighted by Crippen LogP contribution is -2.58. The van der Waals surface area contributed by atoms with E-state index in [9.17, 15) is 19.5 Å². The van der Waals surface area contributed by atoms with E-state index >= 15 is 0 Å². The lowest BCUT2D eigenvalue weighted by atomic mass is 9.41. The largest absolute Gasteiger partial charge is 0.463 e. The van der Waals surface area contributed by atoms with Crippen molar-refractivity contribution in [2.24, 2.45) is 34.0 Å². The Kier molecular flexibility index (Phi) is 6.75. The molecule has 4 saturated carbocycles. The van der Waals surface area contributed by atoms with E-state index in [0.717, 1.165) is 38.5 Å². The molecular formula is C29H42O8. The highest BCUT2D eigenvalue weighted by Gasteiger charge is 2.65. The predicted octanol–water partition coefficient (Wildman–Crippen LogP) is 4.08. The second kappa shape index (κ2) is 9.37. The van der Waals surface area contributed by atoms with Crippen LogP contribution in [0.25, 0.3) is 0 Å². The Morgan fingerprint density at radius 3 is 2.49 bits per heavy atom. The van der Waals surface area contributed by atoms with E-state index in [1.165, 1.54) is 38.7 Å². The molecule has 37 heavy (non-hydrogen) atoms. The standard InChI is InChI=1S/C29H42O8/c1-16-13-29-12-9-21-27(4,22(29)8-7-19(16)14-29)10-6-11-28(21,5)26(33)37-25-23(32)24(35-18(3)31)20(36-25)15-34-17(2)30/h19-25,32H,1,6-15H2,2-5H3/t19-,20+,21+,22+,23-,24+,25-,27-,28-,29-/m1/s1. The summed E-state index contributed by atoms with van der Waals surface area (Å²) in [5, 5.41) is 10.9. The van der Waals surface area contributed by atoms with Crippen LogP contribution in [0, 0.1) is 34.0 Å². The summed E-state index contributed by atoms with van der Waals surface area (Å²) in [5.41, 5.74) is 1.11. The van der Waals surface area contributed by atoms with Gasteiger partial charge in [0.2, 0.25) is 6.29 Å². The number of allylic oxidation sites excluding steroid dienone is 1. The first-order chi connectivity index (χ1) is 17.4. The zero-order valence-corrected chi connectivity index (χ0v) is 22.6. The molecule has 1 spiro atoms. The van der Waals surface area contributed by atoms with Crippen molar-refractivity contribution in [3.8, 4) is 0 Å². The number of aliphatic hydroxyl groups is 1. The van der Waals surface area contributed by atoms with Gasteiger partial charge in [0.25, 0.3) is 0 Å². The topological polar surface area (TPSA) is 108 Å². The Morgan fingerprint density at radius 1 is 1.03 bits per heavy atom. The molecule has 5 aliphatic rings. The Balaban J connectivity index is 1.34. The van der Waals surface area contributed by atoms with Crippen LogP contribution >= 0.6 is 0 Å². The molecule has 10 atom stereocenters. The van der Waals surface area contributed by atoms with Gasteiger partial charge in [-0.2, -0.15) is 0 Å². The van der Waals surface area contributed by atoms with Gasteiger partial charge in [-0.15, -0.1) is 0 Å². The van der Waals surface area contributed by atoms with Gasteiger partial charge in [-0.25, -0.2) is 0 Å². The summed E-state index contributed by atoms with van der Waals surface area (Å²) in [6.45, 7) is 11.1. The minimum atomic E-state index is -1.37. The third kappa shape index (κ3) is 4.32. The van der Waals surface area contributed by atoms with Crippen LogP contribution in [-0.4, -0.2) is 54.2 Å². The Hall–Kier alpha value is -1.93. The zero-order valence-electron chi connectivity index (χ0n) is 22.6. The number of ether oxygens (including phenoxy) is 4. The van der Waals surface area contributed by atoms with Crippen molar-refractivity contribution in [2.75, 3.05) is 6.61 Å². The van der Waals surface area contributed by atoms with E-state index in [0.29, 0.717) is 17.3 Å². The lowest BCUT2D eigenvalue weighted by Gasteiger charge is -2.63. The van der Waals surface area contributed by atoms with Gasteiger partial charge in [0.05, 0.1) is 5.41 Å². The van der Waals surface area contributed by atoms with Gasteiger partial charge in [-0.05, 0) is 86.9 Å². The molecule has 2 bridgehead atoms. The molecule has 1 aliphatic heterocycles. The van der Waals surface area contributed by atoms with Gasteiger partial charge < -0.3 is 24.1 Å². The highest BCUT2D eigenvalue weighted by molar-refractivity contribution is 5.77. The van der Waals surface area contributed by atoms with E-state index in [-0.39, 0.29) is 23.9 Å². The average Bonchev–Trinajstić information content (AvgIpc) is 3.23. The lowest BCUT2D eigenvalue weighted by molar-refractivity contribution is -0.217. The van der Waals surface area contributed by atoms with E-state index in [1.54, 1.807) is 0 Å². The number of carbonyl (C=O) groups is 3. The maximum Gasteiger partial charge on any atom is 0.314 e. The van der Waals surface area contributed by atoms with Crippen LogP contribution < -0.4 is 0 Å². The molecule has 1 N–H and O–H groups in total. The van der Waals surface area contributed by atoms with Gasteiger partial charge in [-0.1, -0.05) is 25.5 Å². The second-order valence-electron chi connectivity index (χ2n) is 12.9. The van der Waals surface area contributed by atoms with Crippen molar-refractivity contribution in [1.82, 2.24) is 0 Å². The number of fused-ring (bicyclic) bond motifs is 3. The molecule has 0 aromatic carbocycles. The SMILES string of the molecule is C=C1C[C@@]23CC[C@H]4[C@@](C)(CCC[C@@]4(C)C(=O)O[C@H]4O[C@@H](COC(C)=O)[C@H](OC(C)=O)[C@H]4O)[C@@H]2CC[C@@H]1C3. The molecular weight excluding hydrogens is 476 g/mol. The number of rotatable bonds is 5. The quantitative estimate of drug-likeness (QED) is 0.330. The molecule has 206 valence electrons. The summed E-state index contributed by atoms with van der Waals surface area (Å²) in [7, 11) is 0. The van der Waals surface area contributed by atoms with Crippen molar-refractivity contribution in [1.29, 1.82) is 0 Å². The summed E-state index contributed by atoms with van der Waals surface area (Å²) in [5.74, 6) is -0.0737. The van der Waals surface area contributed by atoms with E-state index < -0.39 is 42.0 Å². The molecule has 8 nitrogen and oxygen atoms in total. The molecule has 0 radical (unpaired) electrons. The first-order valence-electron chi connectivity index (χ1n) is 13.9. The van der Waals surface area contributed by atoms with Gasteiger partial charge in [0, 0.05) is 13.8 Å². The zero-order chi connectivity index (χ0) is 26.8. The predicted molar refractivity (Wildman–Crippen MR) is 133 cm³/mol. The monoisotopic (exact) mass is 518 g/mol. The number of hydrogen-bond donors (Lipinski definition) is 1. The molecule has 4 aliphatic carbocycles. The molecule has 0 unspecified atom stereocenters. The van der Waals surface area contributed by atoms with Gasteiger partial charge in [-0.3, -0.25) is 14.4 Å². The normalized spacial score (nSPS) is 46.5. The number of carbonyl (C=O) groups excluding carboxylic acids is 3. The Labute approximate surface area is 219 Å². The fraction of sp³-hybridized carbons (Fsp3) is 0.828. The fourth-order valence-corrected chi connectivity index (χ4v) is 9.31. The van der Waals surface area contributed by atoms with Crippen LogP contribution in [0.3, 0.4) is 0 Å². The van der Waals surface area contributed by atoms with Gasteiger partial charge >= 0.3 is 17.9 Å². The number of aliphatic hydroxyl groups excluding tert-OH is 1. The maximum absolute atomic E-state index is 13.9. The van der Waals surface area contributed by atoms with E-state index in [2.05, 4.69) is 13.5 Å². The highest BCUT2D eigenvalue weighted by atomic mass is 16.7. The maximum atomic E-state index is 13.9. The van der Waals surface area contributed by atoms with Crippen molar-refractivity contribution >= 4 is 17.9 Å². The summed E-state index contributed by atoms with van der Waals surface area (Å²) in [4.78, 5) is 36.8. The molecule has 0 aromatic heterocycles. The molecule has 8 heteroatoms. The summed E-state index contributed by atoms with van der Waals surface area (Å²) in [6, 6.07) is 0. The smallest absolute Gasteiger partial charge is 0.314 e. The molecule has 1 saturated heterocycles. The first-order valence-corrected chi connectivity index (χ1v) is 13.9. The Bertz CT molecular complexity index is 977. The number of esters is 3. The third-order valence-corrected chi connectivity index (χ3v) is 10.8. The molecule has 0 amide bonds. The average molecular weight is 519 g/mol. The van der Waals surface area contributed by atoms with Gasteiger partial charge in [0.1, 0.15) is 12.7 Å². The number of hydrogen-bond acceptors (Lipinski definition) is 8. The van der Waals surface area contributed by atoms with Crippen LogP contribution in [0.2, 0.25) is 0 Å². The second-order valence-corrected chi connectivity index (χ2v) is 12.9. The highest BCUT2D eigenvalue weighted by Crippen LogP contribution is 2.72.